The highest BCUT2D eigenvalue weighted by atomic mass is 32.3. The number of carbonyl (C=O) groups excluding carboxylic acids is 1. The van der Waals surface area contributed by atoms with E-state index in [9.17, 15) is 48.0 Å². The number of alkyl halides is 6. The summed E-state index contributed by atoms with van der Waals surface area (Å²) in [4.78, 5) is 11.4. The number of hydrogen-bond donors (Lipinski definition) is 0. The molecule has 0 unspecified atom stereocenters. The summed E-state index contributed by atoms with van der Waals surface area (Å²) >= 11 is 0. The number of rotatable bonds is 18. The third-order valence-corrected chi connectivity index (χ3v) is 8.34. The molecular formula is C23H42F6N2O6S2. The average Bonchev–Trinajstić information content (AvgIpc) is 2.79. The van der Waals surface area contributed by atoms with E-state index in [-0.39, 0.29) is 5.97 Å². The van der Waals surface area contributed by atoms with Crippen LogP contribution in [-0.2, 0) is 29.6 Å². The van der Waals surface area contributed by atoms with Crippen LogP contribution in [0.3, 0.4) is 0 Å². The molecule has 0 bridgehead atoms. The van der Waals surface area contributed by atoms with E-state index in [0.717, 1.165) is 17.0 Å². The van der Waals surface area contributed by atoms with Crippen LogP contribution in [0.4, 0.5) is 26.3 Å². The Morgan fingerprint density at radius 3 is 1.41 bits per heavy atom. The quantitative estimate of drug-likeness (QED) is 0.0565. The first-order valence-corrected chi connectivity index (χ1v) is 15.6. The number of ether oxygens (including phenoxy) is 1. The van der Waals surface area contributed by atoms with Gasteiger partial charge in [-0.3, -0.25) is 0 Å². The smallest absolute Gasteiger partial charge is 0.462 e. The van der Waals surface area contributed by atoms with Gasteiger partial charge < -0.3 is 13.3 Å². The minimum absolute atomic E-state index is 0.254. The fraction of sp³-hybridized carbons (Fsp3) is 0.870. The van der Waals surface area contributed by atoms with Crippen molar-refractivity contribution in [1.82, 2.24) is 0 Å². The van der Waals surface area contributed by atoms with Crippen molar-refractivity contribution < 1.29 is 57.2 Å². The zero-order valence-electron chi connectivity index (χ0n) is 23.0. The fourth-order valence-electron chi connectivity index (χ4n) is 3.41. The molecule has 0 saturated heterocycles. The molecule has 0 aromatic carbocycles. The molecule has 0 spiro atoms. The normalized spacial score (nSPS) is 13.0. The molecule has 0 aromatic rings. The van der Waals surface area contributed by atoms with E-state index in [1.54, 1.807) is 6.92 Å². The summed E-state index contributed by atoms with van der Waals surface area (Å²) in [5.41, 5.74) is -11.9. The molecule has 0 radical (unpaired) electrons. The first-order chi connectivity index (χ1) is 17.7. The second-order valence-corrected chi connectivity index (χ2v) is 12.6. The van der Waals surface area contributed by atoms with Crippen LogP contribution in [0, 0.1) is 0 Å². The summed E-state index contributed by atoms with van der Waals surface area (Å²) in [6.07, 6.45) is 11.3. The van der Waals surface area contributed by atoms with Crippen molar-refractivity contribution in [1.29, 1.82) is 0 Å². The standard InChI is InChI=1S/C21H42NO2.C2F6NO4S2/c1-6-9-12-17-22(15-10-7-2,16-11-8-3)18-13-14-19-24-21(23)20(4)5;3-1(4,5)14(10,11)9-15(12,13)2(6,7)8/h4,6-19H2,1-3,5H3;/q+1;-1. The van der Waals surface area contributed by atoms with Crippen molar-refractivity contribution in [2.45, 2.75) is 96.5 Å². The monoisotopic (exact) mass is 620 g/mol. The van der Waals surface area contributed by atoms with Crippen LogP contribution >= 0.6 is 0 Å². The zero-order chi connectivity index (χ0) is 31.0. The highest BCUT2D eigenvalue weighted by molar-refractivity contribution is 8.13. The Labute approximate surface area is 228 Å². The molecule has 0 amide bonds. The number of halogens is 6. The van der Waals surface area contributed by atoms with Gasteiger partial charge in [0.05, 0.1) is 32.8 Å². The Kier molecular flexibility index (Phi) is 18.5. The van der Waals surface area contributed by atoms with E-state index < -0.39 is 31.1 Å². The minimum atomic E-state index is -6.72. The van der Waals surface area contributed by atoms with E-state index in [1.807, 2.05) is 0 Å². The number of sulfonamides is 2. The molecule has 0 rings (SSSR count). The van der Waals surface area contributed by atoms with Gasteiger partial charge in [-0.05, 0) is 45.4 Å². The number of hydrogen-bond acceptors (Lipinski definition) is 6. The lowest BCUT2D eigenvalue weighted by atomic mass is 10.1. The Morgan fingerprint density at radius 2 is 1.08 bits per heavy atom. The van der Waals surface area contributed by atoms with E-state index >= 15 is 0 Å². The van der Waals surface area contributed by atoms with Crippen LogP contribution in [0.2, 0.25) is 0 Å². The maximum atomic E-state index is 11.4. The molecular weight excluding hydrogens is 578 g/mol. The lowest BCUT2D eigenvalue weighted by Gasteiger charge is -2.39. The van der Waals surface area contributed by atoms with Crippen molar-refractivity contribution in [2.24, 2.45) is 0 Å². The number of nitrogens with zero attached hydrogens (tertiary/aromatic N) is 2. The topological polar surface area (TPSA) is 109 Å². The Balaban J connectivity index is 0. The van der Waals surface area contributed by atoms with Gasteiger partial charge in [0.2, 0.25) is 0 Å². The number of carbonyl (C=O) groups is 1. The van der Waals surface area contributed by atoms with Crippen LogP contribution in [0.25, 0.3) is 4.13 Å². The highest BCUT2D eigenvalue weighted by Crippen LogP contribution is 2.36. The first kappa shape index (κ1) is 39.8. The summed E-state index contributed by atoms with van der Waals surface area (Å²) in [5, 5.41) is 0. The van der Waals surface area contributed by atoms with Gasteiger partial charge in [-0.2, -0.15) is 26.3 Å². The third-order valence-electron chi connectivity index (χ3n) is 5.60. The molecule has 0 atom stereocenters. The summed E-state index contributed by atoms with van der Waals surface area (Å²) < 4.78 is 116. The molecule has 16 heteroatoms. The lowest BCUT2D eigenvalue weighted by Crippen LogP contribution is -2.50. The van der Waals surface area contributed by atoms with E-state index in [4.69, 9.17) is 4.74 Å². The zero-order valence-corrected chi connectivity index (χ0v) is 24.7. The van der Waals surface area contributed by atoms with Gasteiger partial charge in [0, 0.05) is 5.57 Å². The maximum Gasteiger partial charge on any atom is 0.480 e. The summed E-state index contributed by atoms with van der Waals surface area (Å²) in [7, 11) is -13.4. The van der Waals surface area contributed by atoms with Crippen LogP contribution in [-0.4, -0.2) is 71.1 Å². The van der Waals surface area contributed by atoms with Gasteiger partial charge in [0.1, 0.15) is 0 Å². The van der Waals surface area contributed by atoms with Crippen molar-refractivity contribution in [2.75, 3.05) is 32.8 Å². The van der Waals surface area contributed by atoms with Crippen molar-refractivity contribution in [3.63, 3.8) is 0 Å². The predicted octanol–water partition coefficient (Wildman–Crippen LogP) is 6.55. The van der Waals surface area contributed by atoms with Crippen LogP contribution < -0.4 is 0 Å². The summed E-state index contributed by atoms with van der Waals surface area (Å²) in [6, 6.07) is 0. The first-order valence-electron chi connectivity index (χ1n) is 12.8. The van der Waals surface area contributed by atoms with Crippen LogP contribution in [0.1, 0.15) is 85.5 Å². The molecule has 39 heavy (non-hydrogen) atoms. The van der Waals surface area contributed by atoms with E-state index in [1.165, 1.54) is 75.6 Å². The number of esters is 1. The molecule has 0 aromatic heterocycles. The van der Waals surface area contributed by atoms with Gasteiger partial charge in [-0.15, -0.1) is 0 Å². The van der Waals surface area contributed by atoms with Gasteiger partial charge in [-0.25, -0.2) is 21.6 Å². The molecule has 0 saturated carbocycles. The molecule has 8 nitrogen and oxygen atoms in total. The molecule has 0 aliphatic carbocycles. The molecule has 0 aliphatic heterocycles. The maximum absolute atomic E-state index is 11.4. The highest BCUT2D eigenvalue weighted by Gasteiger charge is 2.46. The SMILES string of the molecule is C=C(C)C(=O)OCCCC[N+](CCCC)(CCCC)CCCCC.O=S(=O)([N-]S(=O)(=O)C(F)(F)F)C(F)(F)F. The van der Waals surface area contributed by atoms with E-state index in [2.05, 4.69) is 27.4 Å². The van der Waals surface area contributed by atoms with Gasteiger partial charge in [-0.1, -0.05) is 46.6 Å². The minimum Gasteiger partial charge on any atom is -0.462 e. The lowest BCUT2D eigenvalue weighted by molar-refractivity contribution is -0.929. The molecule has 0 fully saturated rings. The largest absolute Gasteiger partial charge is 0.480 e. The molecule has 234 valence electrons. The van der Waals surface area contributed by atoms with Crippen molar-refractivity contribution >= 4 is 26.0 Å². The van der Waals surface area contributed by atoms with Crippen molar-refractivity contribution in [3.05, 3.63) is 16.3 Å². The molecule has 0 aliphatic rings. The Morgan fingerprint density at radius 1 is 0.718 bits per heavy atom. The summed E-state index contributed by atoms with van der Waals surface area (Å²) in [6.45, 7) is 17.9. The Bertz CT molecular complexity index is 886. The molecule has 0 N–H and O–H groups in total. The van der Waals surface area contributed by atoms with Crippen LogP contribution in [0.5, 0.6) is 0 Å². The van der Waals surface area contributed by atoms with Crippen LogP contribution in [0.15, 0.2) is 12.2 Å². The second kappa shape index (κ2) is 18.1. The van der Waals surface area contributed by atoms with E-state index in [0.29, 0.717) is 12.2 Å². The fourth-order valence-corrected chi connectivity index (χ4v) is 5.12. The average molecular weight is 621 g/mol. The second-order valence-electron chi connectivity index (χ2n) is 9.19. The number of unbranched alkanes of at least 4 members (excludes halogenated alkanes) is 5. The van der Waals surface area contributed by atoms with Gasteiger partial charge in [0.25, 0.3) is 0 Å². The number of quaternary nitrogens is 1. The Hall–Kier alpha value is -1.39. The predicted molar refractivity (Wildman–Crippen MR) is 137 cm³/mol. The molecule has 0 heterocycles. The van der Waals surface area contributed by atoms with Gasteiger partial charge in [0.15, 0.2) is 20.0 Å². The van der Waals surface area contributed by atoms with Gasteiger partial charge >= 0.3 is 17.0 Å². The summed E-state index contributed by atoms with van der Waals surface area (Å²) in [5.74, 6) is -0.254. The third kappa shape index (κ3) is 16.5. The van der Waals surface area contributed by atoms with Crippen molar-refractivity contribution in [3.8, 4) is 0 Å².